The largest absolute Gasteiger partial charge is 0.492 e. The second-order valence-corrected chi connectivity index (χ2v) is 5.82. The van der Waals surface area contributed by atoms with Crippen LogP contribution in [0.2, 0.25) is 5.02 Å². The molecule has 2 N–H and O–H groups in total. The van der Waals surface area contributed by atoms with Gasteiger partial charge >= 0.3 is 0 Å². The molecule has 0 aliphatic heterocycles. The first-order valence-corrected chi connectivity index (χ1v) is 8.54. The number of nitrogens with zero attached hydrogens (tertiary/aromatic N) is 2. The number of aliphatic imine (C=N–C) groups is 1. The van der Waals surface area contributed by atoms with Crippen molar-refractivity contribution in [3.63, 3.8) is 0 Å². The SMILES string of the molecule is CN=C(NCCOc1cccc(Cl)c1)NCCN(C)CCCOC.I. The Labute approximate surface area is 173 Å². The molecule has 0 radical (unpaired) electrons. The van der Waals surface area contributed by atoms with Crippen molar-refractivity contribution >= 4 is 41.5 Å². The van der Waals surface area contributed by atoms with Crippen LogP contribution in [0.1, 0.15) is 6.42 Å². The number of benzene rings is 1. The van der Waals surface area contributed by atoms with Gasteiger partial charge < -0.3 is 25.0 Å². The van der Waals surface area contributed by atoms with E-state index in [1.807, 2.05) is 18.2 Å². The lowest BCUT2D eigenvalue weighted by atomic mass is 10.3. The summed E-state index contributed by atoms with van der Waals surface area (Å²) in [7, 11) is 5.59. The maximum absolute atomic E-state index is 5.92. The minimum Gasteiger partial charge on any atom is -0.492 e. The first kappa shape index (κ1) is 24.2. The van der Waals surface area contributed by atoms with Crippen LogP contribution in [-0.4, -0.2) is 71.5 Å². The summed E-state index contributed by atoms with van der Waals surface area (Å²) in [6, 6.07) is 7.38. The number of ether oxygens (including phenoxy) is 2. The van der Waals surface area contributed by atoms with Crippen molar-refractivity contribution in [3.05, 3.63) is 29.3 Å². The standard InChI is InChI=1S/C17H29ClN4O2.HI/c1-19-17(20-8-11-22(2)10-5-12-23-3)21-9-13-24-16-7-4-6-15(18)14-16;/h4,6-7,14H,5,8-13H2,1-3H3,(H2,19,20,21);1H. The molecule has 0 aliphatic carbocycles. The fourth-order valence-corrected chi connectivity index (χ4v) is 2.25. The lowest BCUT2D eigenvalue weighted by Gasteiger charge is -2.18. The summed E-state index contributed by atoms with van der Waals surface area (Å²) in [5.41, 5.74) is 0. The molecule has 0 atom stereocenters. The molecule has 6 nitrogen and oxygen atoms in total. The number of rotatable bonds is 11. The predicted octanol–water partition coefficient (Wildman–Crippen LogP) is 2.47. The fourth-order valence-electron chi connectivity index (χ4n) is 2.07. The van der Waals surface area contributed by atoms with Gasteiger partial charge in [0.15, 0.2) is 5.96 Å². The molecule has 1 aromatic carbocycles. The molecule has 0 heterocycles. The van der Waals surface area contributed by atoms with Crippen molar-refractivity contribution in [1.29, 1.82) is 0 Å². The van der Waals surface area contributed by atoms with E-state index in [2.05, 4.69) is 27.6 Å². The number of likely N-dealkylation sites (N-methyl/N-ethyl adjacent to an activating group) is 1. The van der Waals surface area contributed by atoms with Crippen molar-refractivity contribution in [3.8, 4) is 5.75 Å². The van der Waals surface area contributed by atoms with E-state index in [1.165, 1.54) is 0 Å². The number of hydrogen-bond acceptors (Lipinski definition) is 4. The molecule has 0 fully saturated rings. The first-order chi connectivity index (χ1) is 11.7. The van der Waals surface area contributed by atoms with E-state index in [-0.39, 0.29) is 24.0 Å². The monoisotopic (exact) mass is 484 g/mol. The number of guanidine groups is 1. The molecule has 0 bridgehead atoms. The number of hydrogen-bond donors (Lipinski definition) is 2. The lowest BCUT2D eigenvalue weighted by molar-refractivity contribution is 0.180. The highest BCUT2D eigenvalue weighted by atomic mass is 127. The van der Waals surface area contributed by atoms with Crippen LogP contribution < -0.4 is 15.4 Å². The molecule has 0 aliphatic rings. The van der Waals surface area contributed by atoms with Gasteiger partial charge in [0.1, 0.15) is 12.4 Å². The second kappa shape index (κ2) is 15.5. The van der Waals surface area contributed by atoms with E-state index >= 15 is 0 Å². The average molecular weight is 485 g/mol. The number of nitrogens with one attached hydrogen (secondary N) is 2. The summed E-state index contributed by atoms with van der Waals surface area (Å²) in [4.78, 5) is 6.46. The molecule has 1 rings (SSSR count). The van der Waals surface area contributed by atoms with E-state index in [9.17, 15) is 0 Å². The molecule has 0 aromatic heterocycles. The smallest absolute Gasteiger partial charge is 0.191 e. The summed E-state index contributed by atoms with van der Waals surface area (Å²) in [5, 5.41) is 7.18. The van der Waals surface area contributed by atoms with Crippen molar-refractivity contribution in [2.45, 2.75) is 6.42 Å². The normalized spacial score (nSPS) is 11.2. The van der Waals surface area contributed by atoms with Gasteiger partial charge in [-0.1, -0.05) is 17.7 Å². The molecule has 25 heavy (non-hydrogen) atoms. The minimum atomic E-state index is 0. The molecule has 0 saturated carbocycles. The molecule has 1 aromatic rings. The van der Waals surface area contributed by atoms with Gasteiger partial charge in [0, 0.05) is 45.4 Å². The van der Waals surface area contributed by atoms with Gasteiger partial charge in [-0.3, -0.25) is 4.99 Å². The van der Waals surface area contributed by atoms with Gasteiger partial charge in [-0.2, -0.15) is 0 Å². The van der Waals surface area contributed by atoms with Gasteiger partial charge in [-0.05, 0) is 31.7 Å². The molecule has 0 spiro atoms. The number of halogens is 2. The maximum atomic E-state index is 5.92. The summed E-state index contributed by atoms with van der Waals surface area (Å²) in [6.45, 7) is 4.80. The van der Waals surface area contributed by atoms with Crippen LogP contribution in [0.15, 0.2) is 29.3 Å². The second-order valence-electron chi connectivity index (χ2n) is 5.38. The van der Waals surface area contributed by atoms with Crippen LogP contribution in [0.5, 0.6) is 5.75 Å². The van der Waals surface area contributed by atoms with Crippen LogP contribution in [-0.2, 0) is 4.74 Å². The van der Waals surface area contributed by atoms with Crippen LogP contribution in [0.4, 0.5) is 0 Å². The third-order valence-electron chi connectivity index (χ3n) is 3.36. The molecule has 144 valence electrons. The zero-order valence-corrected chi connectivity index (χ0v) is 18.3. The quantitative estimate of drug-likeness (QED) is 0.219. The van der Waals surface area contributed by atoms with E-state index in [4.69, 9.17) is 21.1 Å². The van der Waals surface area contributed by atoms with Gasteiger partial charge in [-0.15, -0.1) is 24.0 Å². The van der Waals surface area contributed by atoms with Gasteiger partial charge in [0.25, 0.3) is 0 Å². The van der Waals surface area contributed by atoms with E-state index in [0.717, 1.165) is 44.4 Å². The van der Waals surface area contributed by atoms with Crippen molar-refractivity contribution in [2.75, 3.05) is 60.6 Å². The Morgan fingerprint density at radius 3 is 2.64 bits per heavy atom. The molecule has 0 saturated heterocycles. The van der Waals surface area contributed by atoms with Gasteiger partial charge in [-0.25, -0.2) is 0 Å². The van der Waals surface area contributed by atoms with Crippen molar-refractivity contribution in [2.24, 2.45) is 4.99 Å². The van der Waals surface area contributed by atoms with Crippen LogP contribution >= 0.6 is 35.6 Å². The molecule has 0 amide bonds. The summed E-state index contributed by atoms with van der Waals surface area (Å²) >= 11 is 5.92. The highest BCUT2D eigenvalue weighted by Gasteiger charge is 2.01. The van der Waals surface area contributed by atoms with Crippen LogP contribution in [0, 0.1) is 0 Å². The Kier molecular flexibility index (Phi) is 15.0. The Morgan fingerprint density at radius 2 is 1.96 bits per heavy atom. The molecular weight excluding hydrogens is 455 g/mol. The van der Waals surface area contributed by atoms with Crippen LogP contribution in [0.25, 0.3) is 0 Å². The third-order valence-corrected chi connectivity index (χ3v) is 3.59. The van der Waals surface area contributed by atoms with Crippen LogP contribution in [0.3, 0.4) is 0 Å². The number of methoxy groups -OCH3 is 1. The highest BCUT2D eigenvalue weighted by molar-refractivity contribution is 14.0. The minimum absolute atomic E-state index is 0. The summed E-state index contributed by atoms with van der Waals surface area (Å²) in [5.74, 6) is 1.54. The lowest BCUT2D eigenvalue weighted by Crippen LogP contribution is -2.42. The predicted molar refractivity (Wildman–Crippen MR) is 116 cm³/mol. The third kappa shape index (κ3) is 12.3. The average Bonchev–Trinajstić information content (AvgIpc) is 2.57. The summed E-state index contributed by atoms with van der Waals surface area (Å²) in [6.07, 6.45) is 1.04. The fraction of sp³-hybridized carbons (Fsp3) is 0.588. The Bertz CT molecular complexity index is 491. The Balaban J connectivity index is 0.00000576. The molecule has 0 unspecified atom stereocenters. The maximum Gasteiger partial charge on any atom is 0.191 e. The van der Waals surface area contributed by atoms with E-state index in [0.29, 0.717) is 18.2 Å². The van der Waals surface area contributed by atoms with Crippen molar-refractivity contribution < 1.29 is 9.47 Å². The topological polar surface area (TPSA) is 58.1 Å². The van der Waals surface area contributed by atoms with E-state index < -0.39 is 0 Å². The van der Waals surface area contributed by atoms with Gasteiger partial charge in [0.05, 0.1) is 6.54 Å². The Morgan fingerprint density at radius 1 is 1.20 bits per heavy atom. The molecular formula is C17H30ClIN4O2. The molecule has 8 heteroatoms. The van der Waals surface area contributed by atoms with E-state index in [1.54, 1.807) is 20.2 Å². The van der Waals surface area contributed by atoms with Crippen molar-refractivity contribution in [1.82, 2.24) is 15.5 Å². The van der Waals surface area contributed by atoms with Gasteiger partial charge in [0.2, 0.25) is 0 Å². The summed E-state index contributed by atoms with van der Waals surface area (Å²) < 4.78 is 10.7. The first-order valence-electron chi connectivity index (χ1n) is 8.16. The zero-order chi connectivity index (χ0) is 17.6. The highest BCUT2D eigenvalue weighted by Crippen LogP contribution is 2.16. The Hall–Kier alpha value is -0.770. The zero-order valence-electron chi connectivity index (χ0n) is 15.3.